The molecule has 3 aliphatic heterocycles. The van der Waals surface area contributed by atoms with Crippen LogP contribution in [0, 0.1) is 6.92 Å². The summed E-state index contributed by atoms with van der Waals surface area (Å²) in [6, 6.07) is 14.0. The molecule has 0 bridgehead atoms. The van der Waals surface area contributed by atoms with Crippen molar-refractivity contribution < 1.29 is 18.0 Å². The van der Waals surface area contributed by atoms with Crippen molar-refractivity contribution in [2.75, 3.05) is 39.3 Å². The lowest BCUT2D eigenvalue weighted by atomic mass is 10.0. The van der Waals surface area contributed by atoms with Gasteiger partial charge in [0.15, 0.2) is 0 Å². The number of hydrogen-bond acceptors (Lipinski definition) is 5. The van der Waals surface area contributed by atoms with Crippen LogP contribution in [-0.4, -0.2) is 86.3 Å². The highest BCUT2D eigenvalue weighted by Gasteiger charge is 2.36. The highest BCUT2D eigenvalue weighted by Crippen LogP contribution is 2.26. The van der Waals surface area contributed by atoms with Crippen molar-refractivity contribution in [3.63, 3.8) is 0 Å². The number of carbonyl (C=O) groups excluding carboxylic acids is 2. The van der Waals surface area contributed by atoms with E-state index in [1.807, 2.05) is 42.2 Å². The molecule has 8 nitrogen and oxygen atoms in total. The molecule has 3 saturated heterocycles. The van der Waals surface area contributed by atoms with E-state index in [-0.39, 0.29) is 29.3 Å². The van der Waals surface area contributed by atoms with Gasteiger partial charge in [0, 0.05) is 25.7 Å². The van der Waals surface area contributed by atoms with Gasteiger partial charge in [0.1, 0.15) is 6.04 Å². The Labute approximate surface area is 226 Å². The molecule has 3 fully saturated rings. The topological polar surface area (TPSA) is 90.0 Å². The molecule has 0 aromatic heterocycles. The molecule has 2 unspecified atom stereocenters. The summed E-state index contributed by atoms with van der Waals surface area (Å²) in [6.45, 7) is 6.29. The molecular formula is C29H38N4O4S. The van der Waals surface area contributed by atoms with Crippen molar-refractivity contribution in [1.82, 2.24) is 19.4 Å². The summed E-state index contributed by atoms with van der Waals surface area (Å²) < 4.78 is 29.2. The Morgan fingerprint density at radius 2 is 1.71 bits per heavy atom. The summed E-state index contributed by atoms with van der Waals surface area (Å²) in [7, 11) is -3.92. The molecule has 0 spiro atoms. The van der Waals surface area contributed by atoms with Gasteiger partial charge in [0.25, 0.3) is 0 Å². The van der Waals surface area contributed by atoms with Crippen LogP contribution in [0.5, 0.6) is 0 Å². The van der Waals surface area contributed by atoms with Crippen LogP contribution in [0.15, 0.2) is 53.4 Å². The lowest BCUT2D eigenvalue weighted by Crippen LogP contribution is -2.55. The van der Waals surface area contributed by atoms with Crippen LogP contribution in [0.2, 0.25) is 0 Å². The standard InChI is InChI=1S/C29H38N4O4S/c1-22-9-2-3-13-26(22)23-10-6-12-25(19-23)38(36,37)30-27-14-8-17-32(29(27)35)21-28(34)33-18-7-11-24(33)20-31-15-4-5-16-31/h2-3,6,9-10,12-13,19,24,27,30H,4-5,7-8,11,14-18,20-21H2,1H3. The van der Waals surface area contributed by atoms with Gasteiger partial charge in [-0.15, -0.1) is 0 Å². The largest absolute Gasteiger partial charge is 0.337 e. The van der Waals surface area contributed by atoms with E-state index in [0.717, 1.165) is 55.7 Å². The first-order valence-electron chi connectivity index (χ1n) is 13.8. The predicted octanol–water partition coefficient (Wildman–Crippen LogP) is 3.02. The van der Waals surface area contributed by atoms with Crippen molar-refractivity contribution in [1.29, 1.82) is 0 Å². The molecule has 1 N–H and O–H groups in total. The van der Waals surface area contributed by atoms with E-state index in [1.54, 1.807) is 18.2 Å². The minimum atomic E-state index is -3.92. The summed E-state index contributed by atoms with van der Waals surface area (Å²) in [5.41, 5.74) is 2.83. The van der Waals surface area contributed by atoms with Crippen LogP contribution >= 0.6 is 0 Å². The zero-order valence-corrected chi connectivity index (χ0v) is 23.0. The van der Waals surface area contributed by atoms with Gasteiger partial charge in [-0.1, -0.05) is 36.4 Å². The average Bonchev–Trinajstić information content (AvgIpc) is 3.59. The fourth-order valence-electron chi connectivity index (χ4n) is 6.06. The predicted molar refractivity (Wildman–Crippen MR) is 147 cm³/mol. The molecule has 2 aromatic rings. The van der Waals surface area contributed by atoms with Gasteiger partial charge in [-0.2, -0.15) is 4.72 Å². The molecule has 0 radical (unpaired) electrons. The first-order valence-corrected chi connectivity index (χ1v) is 15.3. The van der Waals surface area contributed by atoms with Gasteiger partial charge in [0.2, 0.25) is 21.8 Å². The number of amides is 2. The third kappa shape index (κ3) is 5.95. The molecule has 9 heteroatoms. The highest BCUT2D eigenvalue weighted by atomic mass is 32.2. The smallest absolute Gasteiger partial charge is 0.242 e. The highest BCUT2D eigenvalue weighted by molar-refractivity contribution is 7.89. The summed E-state index contributed by atoms with van der Waals surface area (Å²) in [4.78, 5) is 32.6. The normalized spacial score (nSPS) is 22.8. The van der Waals surface area contributed by atoms with Crippen LogP contribution in [0.3, 0.4) is 0 Å². The molecule has 0 saturated carbocycles. The third-order valence-corrected chi connectivity index (χ3v) is 9.59. The van der Waals surface area contributed by atoms with Gasteiger partial charge in [-0.05, 0) is 87.4 Å². The number of piperidine rings is 1. The maximum atomic E-state index is 13.3. The molecule has 204 valence electrons. The molecular weight excluding hydrogens is 500 g/mol. The molecule has 3 heterocycles. The Balaban J connectivity index is 1.23. The third-order valence-electron chi connectivity index (χ3n) is 8.12. The quantitative estimate of drug-likeness (QED) is 0.558. The van der Waals surface area contributed by atoms with Crippen molar-refractivity contribution in [2.45, 2.75) is 62.4 Å². The van der Waals surface area contributed by atoms with Crippen molar-refractivity contribution in [3.05, 3.63) is 54.1 Å². The minimum Gasteiger partial charge on any atom is -0.337 e. The maximum Gasteiger partial charge on any atom is 0.242 e. The molecule has 2 amide bonds. The summed E-state index contributed by atoms with van der Waals surface area (Å²) in [6.07, 6.45) is 5.49. The number of carbonyl (C=O) groups is 2. The number of aryl methyl sites for hydroxylation is 1. The van der Waals surface area contributed by atoms with E-state index in [1.165, 1.54) is 17.7 Å². The molecule has 3 aliphatic rings. The van der Waals surface area contributed by atoms with E-state index in [2.05, 4.69) is 9.62 Å². The minimum absolute atomic E-state index is 0.0102. The van der Waals surface area contributed by atoms with Crippen molar-refractivity contribution >= 4 is 21.8 Å². The van der Waals surface area contributed by atoms with Crippen LogP contribution in [0.25, 0.3) is 11.1 Å². The number of benzene rings is 2. The first-order chi connectivity index (χ1) is 18.3. The van der Waals surface area contributed by atoms with Gasteiger partial charge in [0.05, 0.1) is 11.4 Å². The van der Waals surface area contributed by atoms with E-state index in [4.69, 9.17) is 0 Å². The van der Waals surface area contributed by atoms with Crippen LogP contribution in [0.1, 0.15) is 44.1 Å². The summed E-state index contributed by atoms with van der Waals surface area (Å²) >= 11 is 0. The molecule has 2 atom stereocenters. The number of nitrogens with one attached hydrogen (secondary N) is 1. The Morgan fingerprint density at radius 1 is 0.947 bits per heavy atom. The summed E-state index contributed by atoms with van der Waals surface area (Å²) in [5, 5.41) is 0. The first kappa shape index (κ1) is 26.8. The monoisotopic (exact) mass is 538 g/mol. The molecule has 5 rings (SSSR count). The Bertz CT molecular complexity index is 1270. The number of hydrogen-bond donors (Lipinski definition) is 1. The van der Waals surface area contributed by atoms with E-state index < -0.39 is 16.1 Å². The SMILES string of the molecule is Cc1ccccc1-c1cccc(S(=O)(=O)NC2CCCN(CC(=O)N3CCCC3CN3CCCC3)C2=O)c1. The summed E-state index contributed by atoms with van der Waals surface area (Å²) in [5.74, 6) is -0.354. The molecule has 0 aliphatic carbocycles. The van der Waals surface area contributed by atoms with Crippen LogP contribution in [0.4, 0.5) is 0 Å². The molecule has 38 heavy (non-hydrogen) atoms. The van der Waals surface area contributed by atoms with Gasteiger partial charge >= 0.3 is 0 Å². The maximum absolute atomic E-state index is 13.3. The average molecular weight is 539 g/mol. The Kier molecular flexibility index (Phi) is 8.16. The Hall–Kier alpha value is -2.75. The number of nitrogens with zero attached hydrogens (tertiary/aromatic N) is 3. The fraction of sp³-hybridized carbons (Fsp3) is 0.517. The second-order valence-electron chi connectivity index (χ2n) is 10.8. The van der Waals surface area contributed by atoms with E-state index >= 15 is 0 Å². The Morgan fingerprint density at radius 3 is 2.50 bits per heavy atom. The second kappa shape index (κ2) is 11.6. The van der Waals surface area contributed by atoms with E-state index in [9.17, 15) is 18.0 Å². The number of rotatable bonds is 8. The lowest BCUT2D eigenvalue weighted by Gasteiger charge is -2.34. The number of likely N-dealkylation sites (tertiary alicyclic amines) is 3. The molecule has 2 aromatic carbocycles. The van der Waals surface area contributed by atoms with Gasteiger partial charge < -0.3 is 14.7 Å². The lowest BCUT2D eigenvalue weighted by molar-refractivity contribution is -0.143. The fourth-order valence-corrected chi connectivity index (χ4v) is 7.33. The van der Waals surface area contributed by atoms with Crippen molar-refractivity contribution in [3.8, 4) is 11.1 Å². The van der Waals surface area contributed by atoms with Gasteiger partial charge in [-0.25, -0.2) is 8.42 Å². The number of sulfonamides is 1. The van der Waals surface area contributed by atoms with Gasteiger partial charge in [-0.3, -0.25) is 9.59 Å². The zero-order chi connectivity index (χ0) is 26.7. The second-order valence-corrected chi connectivity index (χ2v) is 12.5. The zero-order valence-electron chi connectivity index (χ0n) is 22.1. The van der Waals surface area contributed by atoms with Crippen LogP contribution in [-0.2, 0) is 19.6 Å². The van der Waals surface area contributed by atoms with Crippen LogP contribution < -0.4 is 4.72 Å². The van der Waals surface area contributed by atoms with E-state index in [0.29, 0.717) is 19.4 Å². The van der Waals surface area contributed by atoms with Crippen molar-refractivity contribution in [2.24, 2.45) is 0 Å².